The van der Waals surface area contributed by atoms with Crippen LogP contribution in [0.15, 0.2) is 36.4 Å². The van der Waals surface area contributed by atoms with Crippen molar-refractivity contribution in [2.45, 2.75) is 6.42 Å². The van der Waals surface area contributed by atoms with Crippen LogP contribution in [0.2, 0.25) is 0 Å². The first-order valence-electron chi connectivity index (χ1n) is 10.4. The van der Waals surface area contributed by atoms with E-state index in [2.05, 4.69) is 10.2 Å². The van der Waals surface area contributed by atoms with E-state index in [0.29, 0.717) is 60.4 Å². The van der Waals surface area contributed by atoms with Gasteiger partial charge in [-0.3, -0.25) is 9.59 Å². The maximum atomic E-state index is 12.9. The van der Waals surface area contributed by atoms with Gasteiger partial charge in [-0.15, -0.1) is 0 Å². The zero-order valence-electron chi connectivity index (χ0n) is 17.8. The van der Waals surface area contributed by atoms with Gasteiger partial charge in [0.1, 0.15) is 5.75 Å². The van der Waals surface area contributed by atoms with Crippen LogP contribution < -0.4 is 19.5 Å². The molecule has 2 heterocycles. The molecule has 0 radical (unpaired) electrons. The van der Waals surface area contributed by atoms with Gasteiger partial charge in [-0.25, -0.2) is 0 Å². The van der Waals surface area contributed by atoms with E-state index < -0.39 is 0 Å². The maximum Gasteiger partial charge on any atom is 0.255 e. The Morgan fingerprint density at radius 2 is 1.65 bits per heavy atom. The number of amides is 2. The number of hydrogen-bond donors (Lipinski definition) is 1. The number of fused-ring (bicyclic) bond motifs is 1. The van der Waals surface area contributed by atoms with Crippen LogP contribution in [-0.4, -0.2) is 75.2 Å². The average Bonchev–Trinajstić information content (AvgIpc) is 3.04. The molecule has 31 heavy (non-hydrogen) atoms. The van der Waals surface area contributed by atoms with Crippen molar-refractivity contribution in [3.8, 4) is 17.2 Å². The molecule has 0 atom stereocenters. The first-order chi connectivity index (χ1) is 15.0. The summed E-state index contributed by atoms with van der Waals surface area (Å²) in [4.78, 5) is 29.9. The van der Waals surface area contributed by atoms with Gasteiger partial charge in [0.2, 0.25) is 0 Å². The third-order valence-corrected chi connectivity index (χ3v) is 5.49. The Bertz CT molecular complexity index is 970. The third kappa shape index (κ3) is 4.74. The molecule has 8 nitrogen and oxygen atoms in total. The van der Waals surface area contributed by atoms with E-state index in [0.717, 1.165) is 19.5 Å². The molecule has 8 heteroatoms. The zero-order chi connectivity index (χ0) is 21.8. The van der Waals surface area contributed by atoms with Gasteiger partial charge < -0.3 is 29.3 Å². The minimum absolute atomic E-state index is 0.0539. The average molecular weight is 425 g/mol. The molecule has 2 aliphatic rings. The van der Waals surface area contributed by atoms with Crippen molar-refractivity contribution in [2.24, 2.45) is 0 Å². The fraction of sp³-hybridized carbons (Fsp3) is 0.391. The largest absolute Gasteiger partial charge is 0.495 e. The van der Waals surface area contributed by atoms with Gasteiger partial charge in [0.25, 0.3) is 11.8 Å². The van der Waals surface area contributed by atoms with Crippen LogP contribution in [-0.2, 0) is 0 Å². The molecule has 1 N–H and O–H groups in total. The van der Waals surface area contributed by atoms with Crippen LogP contribution in [0, 0.1) is 0 Å². The smallest absolute Gasteiger partial charge is 0.255 e. The third-order valence-electron chi connectivity index (χ3n) is 5.49. The number of rotatable bonds is 4. The van der Waals surface area contributed by atoms with Crippen LogP contribution in [0.3, 0.4) is 0 Å². The van der Waals surface area contributed by atoms with E-state index in [9.17, 15) is 9.59 Å². The molecule has 0 aromatic heterocycles. The number of nitrogens with zero attached hydrogens (tertiary/aromatic N) is 2. The van der Waals surface area contributed by atoms with Gasteiger partial charge in [-0.2, -0.15) is 0 Å². The highest BCUT2D eigenvalue weighted by Gasteiger charge is 2.22. The van der Waals surface area contributed by atoms with Gasteiger partial charge in [0, 0.05) is 43.7 Å². The topological polar surface area (TPSA) is 80.3 Å². The zero-order valence-corrected chi connectivity index (χ0v) is 17.8. The Hall–Kier alpha value is -3.26. The lowest BCUT2D eigenvalue weighted by atomic mass is 10.1. The van der Waals surface area contributed by atoms with E-state index in [4.69, 9.17) is 14.2 Å². The molecule has 0 saturated carbocycles. The molecular weight excluding hydrogens is 398 g/mol. The Labute approximate surface area is 181 Å². The first-order valence-corrected chi connectivity index (χ1v) is 10.4. The summed E-state index contributed by atoms with van der Waals surface area (Å²) < 4.78 is 16.7. The van der Waals surface area contributed by atoms with E-state index in [1.165, 1.54) is 7.11 Å². The van der Waals surface area contributed by atoms with Crippen LogP contribution in [0.5, 0.6) is 17.2 Å². The summed E-state index contributed by atoms with van der Waals surface area (Å²) in [5.41, 5.74) is 1.39. The standard InChI is InChI=1S/C23H27N3O5/c1-25-8-10-26(11-9-25)23(28)17-5-6-19(29-2)18(14-17)24-22(27)16-4-7-20-21(15-16)31-13-3-12-30-20/h4-7,14-15H,3,8-13H2,1-2H3,(H,24,27). The molecule has 4 rings (SSSR count). The molecular formula is C23H27N3O5. The van der Waals surface area contributed by atoms with Crippen LogP contribution in [0.1, 0.15) is 27.1 Å². The van der Waals surface area contributed by atoms with Gasteiger partial charge in [-0.1, -0.05) is 0 Å². The molecule has 0 bridgehead atoms. The van der Waals surface area contributed by atoms with Gasteiger partial charge in [0.05, 0.1) is 26.0 Å². The SMILES string of the molecule is COc1ccc(C(=O)N2CCN(C)CC2)cc1NC(=O)c1ccc2c(c1)OCCCO2. The second-order valence-corrected chi connectivity index (χ2v) is 7.68. The van der Waals surface area contributed by atoms with Crippen molar-refractivity contribution in [3.05, 3.63) is 47.5 Å². The highest BCUT2D eigenvalue weighted by molar-refractivity contribution is 6.06. The number of carbonyl (C=O) groups is 2. The van der Waals surface area contributed by atoms with Crippen molar-refractivity contribution >= 4 is 17.5 Å². The molecule has 2 aromatic carbocycles. The summed E-state index contributed by atoms with van der Waals surface area (Å²) in [6.07, 6.45) is 0.793. The number of ether oxygens (including phenoxy) is 3. The highest BCUT2D eigenvalue weighted by Crippen LogP contribution is 2.32. The fourth-order valence-corrected chi connectivity index (χ4v) is 3.63. The summed E-state index contributed by atoms with van der Waals surface area (Å²) in [6.45, 7) is 4.18. The quantitative estimate of drug-likeness (QED) is 0.811. The molecule has 1 fully saturated rings. The van der Waals surface area contributed by atoms with Gasteiger partial charge >= 0.3 is 0 Å². The van der Waals surface area contributed by atoms with Crippen molar-refractivity contribution < 1.29 is 23.8 Å². The molecule has 0 unspecified atom stereocenters. The lowest BCUT2D eigenvalue weighted by Gasteiger charge is -2.32. The minimum Gasteiger partial charge on any atom is -0.495 e. The normalized spacial score (nSPS) is 16.4. The lowest BCUT2D eigenvalue weighted by Crippen LogP contribution is -2.47. The number of hydrogen-bond acceptors (Lipinski definition) is 6. The first kappa shape index (κ1) is 21.0. The number of likely N-dealkylation sites (N-methyl/N-ethyl adjacent to an activating group) is 1. The summed E-state index contributed by atoms with van der Waals surface area (Å²) in [5, 5.41) is 2.87. The lowest BCUT2D eigenvalue weighted by molar-refractivity contribution is 0.0664. The molecule has 0 aliphatic carbocycles. The maximum absolute atomic E-state index is 12.9. The van der Waals surface area contributed by atoms with Gasteiger partial charge in [0.15, 0.2) is 11.5 Å². The number of nitrogens with one attached hydrogen (secondary N) is 1. The molecule has 164 valence electrons. The molecule has 2 amide bonds. The second-order valence-electron chi connectivity index (χ2n) is 7.68. The molecule has 0 spiro atoms. The van der Waals surface area contributed by atoms with Gasteiger partial charge in [-0.05, 0) is 43.4 Å². The van der Waals surface area contributed by atoms with Crippen LogP contribution in [0.25, 0.3) is 0 Å². The number of carbonyl (C=O) groups excluding carboxylic acids is 2. The molecule has 2 aliphatic heterocycles. The number of methoxy groups -OCH3 is 1. The Morgan fingerprint density at radius 3 is 2.39 bits per heavy atom. The van der Waals surface area contributed by atoms with Crippen molar-refractivity contribution in [1.82, 2.24) is 9.80 Å². The Kier molecular flexibility index (Phi) is 6.27. The van der Waals surface area contributed by atoms with E-state index >= 15 is 0 Å². The monoisotopic (exact) mass is 425 g/mol. The Morgan fingerprint density at radius 1 is 0.935 bits per heavy atom. The minimum atomic E-state index is -0.321. The van der Waals surface area contributed by atoms with E-state index in [1.807, 2.05) is 11.9 Å². The number of anilines is 1. The van der Waals surface area contributed by atoms with Crippen LogP contribution in [0.4, 0.5) is 5.69 Å². The molecule has 2 aromatic rings. The van der Waals surface area contributed by atoms with Crippen molar-refractivity contribution in [3.63, 3.8) is 0 Å². The summed E-state index contributed by atoms with van der Waals surface area (Å²) >= 11 is 0. The van der Waals surface area contributed by atoms with E-state index in [-0.39, 0.29) is 11.8 Å². The summed E-state index contributed by atoms with van der Waals surface area (Å²) in [5.74, 6) is 1.29. The predicted molar refractivity (Wildman–Crippen MR) is 116 cm³/mol. The highest BCUT2D eigenvalue weighted by atomic mass is 16.5. The van der Waals surface area contributed by atoms with E-state index in [1.54, 1.807) is 36.4 Å². The second kappa shape index (κ2) is 9.26. The summed E-state index contributed by atoms with van der Waals surface area (Å²) in [6, 6.07) is 10.2. The fourth-order valence-electron chi connectivity index (χ4n) is 3.63. The Balaban J connectivity index is 1.53. The van der Waals surface area contributed by atoms with Crippen molar-refractivity contribution in [2.75, 3.05) is 58.9 Å². The predicted octanol–water partition coefficient (Wildman–Crippen LogP) is 2.50. The van der Waals surface area contributed by atoms with Crippen molar-refractivity contribution in [1.29, 1.82) is 0 Å². The number of benzene rings is 2. The summed E-state index contributed by atoms with van der Waals surface area (Å²) in [7, 11) is 3.57. The number of piperazine rings is 1. The van der Waals surface area contributed by atoms with Crippen LogP contribution >= 0.6 is 0 Å². The molecule has 1 saturated heterocycles.